The lowest BCUT2D eigenvalue weighted by Crippen LogP contribution is -2.46. The Bertz CT molecular complexity index is 183. The average Bonchev–Trinajstić information content (AvgIpc) is 2.24. The van der Waals surface area contributed by atoms with Crippen LogP contribution in [0.1, 0.15) is 27.2 Å². The van der Waals surface area contributed by atoms with Crippen LogP contribution in [0.5, 0.6) is 0 Å². The molecule has 1 saturated heterocycles. The molecule has 0 spiro atoms. The standard InChI is InChI=1S/C10H20N2/c1-10(2,3)12-5-7-4-9(11)8(7)6-12/h7-9H,4-6,11H2,1-3H3/t7-,8?,9?/m1/s1. The van der Waals surface area contributed by atoms with E-state index in [1.165, 1.54) is 19.5 Å². The minimum atomic E-state index is 0.344. The number of fused-ring (bicyclic) bond motifs is 1. The first-order chi connectivity index (χ1) is 5.48. The van der Waals surface area contributed by atoms with E-state index in [9.17, 15) is 0 Å². The second-order valence-corrected chi connectivity index (χ2v) is 5.40. The molecule has 2 nitrogen and oxygen atoms in total. The van der Waals surface area contributed by atoms with Gasteiger partial charge in [-0.3, -0.25) is 4.90 Å². The summed E-state index contributed by atoms with van der Waals surface area (Å²) in [6.07, 6.45) is 1.26. The lowest BCUT2D eigenvalue weighted by Gasteiger charge is -2.36. The van der Waals surface area contributed by atoms with Crippen LogP contribution in [0.3, 0.4) is 0 Å². The van der Waals surface area contributed by atoms with Crippen LogP contribution in [-0.2, 0) is 0 Å². The Kier molecular flexibility index (Phi) is 1.74. The molecular weight excluding hydrogens is 148 g/mol. The number of likely N-dealkylation sites (tertiary alicyclic amines) is 1. The molecule has 2 rings (SSSR count). The Morgan fingerprint density at radius 1 is 1.25 bits per heavy atom. The van der Waals surface area contributed by atoms with Gasteiger partial charge in [-0.25, -0.2) is 0 Å². The van der Waals surface area contributed by atoms with E-state index in [1.807, 2.05) is 0 Å². The van der Waals surface area contributed by atoms with Crippen molar-refractivity contribution in [3.63, 3.8) is 0 Å². The van der Waals surface area contributed by atoms with Crippen molar-refractivity contribution in [3.05, 3.63) is 0 Å². The highest BCUT2D eigenvalue weighted by molar-refractivity contribution is 5.02. The minimum absolute atomic E-state index is 0.344. The molecule has 1 aliphatic heterocycles. The molecule has 0 aromatic heterocycles. The highest BCUT2D eigenvalue weighted by atomic mass is 15.2. The zero-order valence-electron chi connectivity index (χ0n) is 8.38. The van der Waals surface area contributed by atoms with Crippen LogP contribution in [0, 0.1) is 11.8 Å². The molecule has 2 heteroatoms. The second kappa shape index (κ2) is 2.46. The molecule has 1 heterocycles. The maximum atomic E-state index is 5.94. The fourth-order valence-corrected chi connectivity index (χ4v) is 2.51. The summed E-state index contributed by atoms with van der Waals surface area (Å²) in [5, 5.41) is 0. The highest BCUT2D eigenvalue weighted by Gasteiger charge is 2.47. The van der Waals surface area contributed by atoms with E-state index in [1.54, 1.807) is 0 Å². The van der Waals surface area contributed by atoms with Gasteiger partial charge in [-0.1, -0.05) is 0 Å². The molecule has 2 N–H and O–H groups in total. The molecule has 12 heavy (non-hydrogen) atoms. The lowest BCUT2D eigenvalue weighted by atomic mass is 9.72. The van der Waals surface area contributed by atoms with Crippen molar-refractivity contribution >= 4 is 0 Å². The van der Waals surface area contributed by atoms with Crippen LogP contribution in [-0.4, -0.2) is 29.6 Å². The molecule has 2 aliphatic rings. The summed E-state index contributed by atoms with van der Waals surface area (Å²) in [4.78, 5) is 2.58. The third-order valence-corrected chi connectivity index (χ3v) is 3.57. The van der Waals surface area contributed by atoms with Gasteiger partial charge in [0.2, 0.25) is 0 Å². The molecule has 0 aromatic carbocycles. The Balaban J connectivity index is 1.99. The van der Waals surface area contributed by atoms with Crippen LogP contribution < -0.4 is 5.73 Å². The number of rotatable bonds is 0. The van der Waals surface area contributed by atoms with Crippen molar-refractivity contribution in [3.8, 4) is 0 Å². The highest BCUT2D eigenvalue weighted by Crippen LogP contribution is 2.41. The van der Waals surface area contributed by atoms with Gasteiger partial charge in [0.05, 0.1) is 0 Å². The molecule has 0 amide bonds. The third-order valence-electron chi connectivity index (χ3n) is 3.57. The van der Waals surface area contributed by atoms with Gasteiger partial charge in [0.15, 0.2) is 0 Å². The van der Waals surface area contributed by atoms with Gasteiger partial charge in [0.25, 0.3) is 0 Å². The topological polar surface area (TPSA) is 29.3 Å². The van der Waals surface area contributed by atoms with Crippen molar-refractivity contribution in [2.24, 2.45) is 17.6 Å². The van der Waals surface area contributed by atoms with Gasteiger partial charge in [0, 0.05) is 24.7 Å². The smallest absolute Gasteiger partial charge is 0.0125 e. The predicted molar refractivity (Wildman–Crippen MR) is 50.9 cm³/mol. The molecule has 0 bridgehead atoms. The van der Waals surface area contributed by atoms with Gasteiger partial charge in [-0.2, -0.15) is 0 Å². The molecule has 0 radical (unpaired) electrons. The van der Waals surface area contributed by atoms with Crippen molar-refractivity contribution in [1.82, 2.24) is 4.90 Å². The first-order valence-corrected chi connectivity index (χ1v) is 4.99. The van der Waals surface area contributed by atoms with Crippen molar-refractivity contribution in [2.45, 2.75) is 38.8 Å². The van der Waals surface area contributed by atoms with Crippen LogP contribution in [0.25, 0.3) is 0 Å². The van der Waals surface area contributed by atoms with Gasteiger partial charge < -0.3 is 5.73 Å². The monoisotopic (exact) mass is 168 g/mol. The van der Waals surface area contributed by atoms with Gasteiger partial charge >= 0.3 is 0 Å². The van der Waals surface area contributed by atoms with E-state index in [0.717, 1.165) is 11.8 Å². The number of nitrogens with two attached hydrogens (primary N) is 1. The zero-order valence-corrected chi connectivity index (χ0v) is 8.38. The normalized spacial score (nSPS) is 42.5. The summed E-state index contributed by atoms with van der Waals surface area (Å²) < 4.78 is 0. The molecule has 1 saturated carbocycles. The molecular formula is C10H20N2. The van der Waals surface area contributed by atoms with Gasteiger partial charge in [-0.05, 0) is 39.0 Å². The maximum absolute atomic E-state index is 5.94. The van der Waals surface area contributed by atoms with Crippen LogP contribution in [0.2, 0.25) is 0 Å². The van der Waals surface area contributed by atoms with Crippen molar-refractivity contribution in [2.75, 3.05) is 13.1 Å². The number of nitrogens with zero attached hydrogens (tertiary/aromatic N) is 1. The Morgan fingerprint density at radius 3 is 2.33 bits per heavy atom. The summed E-state index contributed by atoms with van der Waals surface area (Å²) in [6.45, 7) is 9.40. The molecule has 0 aromatic rings. The van der Waals surface area contributed by atoms with E-state index in [-0.39, 0.29) is 0 Å². The summed E-state index contributed by atoms with van der Waals surface area (Å²) >= 11 is 0. The van der Waals surface area contributed by atoms with Crippen LogP contribution >= 0.6 is 0 Å². The Labute approximate surface area is 75.1 Å². The molecule has 2 unspecified atom stereocenters. The fourth-order valence-electron chi connectivity index (χ4n) is 2.51. The largest absolute Gasteiger partial charge is 0.327 e. The van der Waals surface area contributed by atoms with E-state index in [0.29, 0.717) is 11.6 Å². The summed E-state index contributed by atoms with van der Waals surface area (Å²) in [6, 6.07) is 0.502. The predicted octanol–water partition coefficient (Wildman–Crippen LogP) is 1.06. The number of hydrogen-bond donors (Lipinski definition) is 1. The van der Waals surface area contributed by atoms with E-state index < -0.39 is 0 Å². The summed E-state index contributed by atoms with van der Waals surface area (Å²) in [5.74, 6) is 1.73. The second-order valence-electron chi connectivity index (χ2n) is 5.40. The Morgan fingerprint density at radius 2 is 1.92 bits per heavy atom. The first kappa shape index (κ1) is 8.52. The Hall–Kier alpha value is -0.0800. The van der Waals surface area contributed by atoms with Crippen LogP contribution in [0.15, 0.2) is 0 Å². The first-order valence-electron chi connectivity index (χ1n) is 4.99. The van der Waals surface area contributed by atoms with E-state index in [2.05, 4.69) is 25.7 Å². The lowest BCUT2D eigenvalue weighted by molar-refractivity contribution is 0.168. The van der Waals surface area contributed by atoms with Crippen molar-refractivity contribution < 1.29 is 0 Å². The van der Waals surface area contributed by atoms with E-state index in [4.69, 9.17) is 5.73 Å². The molecule has 1 aliphatic carbocycles. The van der Waals surface area contributed by atoms with Crippen LogP contribution in [0.4, 0.5) is 0 Å². The van der Waals surface area contributed by atoms with Gasteiger partial charge in [-0.15, -0.1) is 0 Å². The molecule has 70 valence electrons. The number of hydrogen-bond acceptors (Lipinski definition) is 2. The molecule has 2 fully saturated rings. The maximum Gasteiger partial charge on any atom is 0.0125 e. The van der Waals surface area contributed by atoms with Gasteiger partial charge in [0.1, 0.15) is 0 Å². The minimum Gasteiger partial charge on any atom is -0.327 e. The SMILES string of the molecule is CC(C)(C)N1CC2C(N)C[C@@H]2C1. The fraction of sp³-hybridized carbons (Fsp3) is 1.00. The average molecular weight is 168 g/mol. The third kappa shape index (κ3) is 1.17. The molecule has 3 atom stereocenters. The summed E-state index contributed by atoms with van der Waals surface area (Å²) in [7, 11) is 0. The van der Waals surface area contributed by atoms with Crippen molar-refractivity contribution in [1.29, 1.82) is 0 Å². The van der Waals surface area contributed by atoms with E-state index >= 15 is 0 Å². The zero-order chi connectivity index (χ0) is 8.93. The summed E-state index contributed by atoms with van der Waals surface area (Å²) in [5.41, 5.74) is 6.29. The quantitative estimate of drug-likeness (QED) is 0.586.